The second-order valence-corrected chi connectivity index (χ2v) is 12.7. The van der Waals surface area contributed by atoms with Crippen LogP contribution in [0.2, 0.25) is 0 Å². The normalized spacial score (nSPS) is 15.5. The molecule has 0 aliphatic heterocycles. The molecule has 2 unspecified atom stereocenters. The fourth-order valence-corrected chi connectivity index (χ4v) is 5.55. The number of nitrogens with zero attached hydrogens (tertiary/aromatic N) is 2. The fourth-order valence-electron chi connectivity index (χ4n) is 3.39. The van der Waals surface area contributed by atoms with Crippen LogP contribution < -0.4 is 22.9 Å². The molecule has 0 fully saturated rings. The van der Waals surface area contributed by atoms with Gasteiger partial charge in [-0.25, -0.2) is 0 Å². The van der Waals surface area contributed by atoms with E-state index in [4.69, 9.17) is 32.0 Å². The van der Waals surface area contributed by atoms with Gasteiger partial charge in [0.15, 0.2) is 0 Å². The highest BCUT2D eigenvalue weighted by atomic mass is 31.2. The van der Waals surface area contributed by atoms with E-state index in [1.54, 1.807) is 0 Å². The van der Waals surface area contributed by atoms with Gasteiger partial charge in [-0.2, -0.15) is 0 Å². The molecular formula is C21H52N6O6P2. The lowest BCUT2D eigenvalue weighted by atomic mass is 10.2. The minimum atomic E-state index is -3.67. The molecular weight excluding hydrogens is 494 g/mol. The molecule has 12 nitrogen and oxygen atoms in total. The predicted molar refractivity (Wildman–Crippen MR) is 143 cm³/mol. The zero-order chi connectivity index (χ0) is 26.4. The van der Waals surface area contributed by atoms with E-state index in [1.165, 1.54) is 0 Å². The Morgan fingerprint density at radius 3 is 1.11 bits per heavy atom. The molecule has 10 N–H and O–H groups in total. The molecule has 0 bridgehead atoms. The van der Waals surface area contributed by atoms with Gasteiger partial charge in [0.1, 0.15) is 0 Å². The summed E-state index contributed by atoms with van der Waals surface area (Å²) in [6.45, 7) is 6.61. The van der Waals surface area contributed by atoms with Crippen LogP contribution in [0.15, 0.2) is 0 Å². The first-order chi connectivity index (χ1) is 16.7. The molecule has 0 rings (SSSR count). The van der Waals surface area contributed by atoms with Crippen molar-refractivity contribution in [3.05, 3.63) is 0 Å². The van der Waals surface area contributed by atoms with Gasteiger partial charge in [0.25, 0.3) is 0 Å². The highest BCUT2D eigenvalue weighted by molar-refractivity contribution is 7.53. The summed E-state index contributed by atoms with van der Waals surface area (Å²) in [5, 5.41) is 0. The molecule has 0 aliphatic carbocycles. The average Bonchev–Trinajstić information content (AvgIpc) is 2.82. The van der Waals surface area contributed by atoms with Crippen molar-refractivity contribution in [1.29, 1.82) is 0 Å². The maximum atomic E-state index is 12.3. The van der Waals surface area contributed by atoms with E-state index in [1.807, 2.05) is 0 Å². The Bertz CT molecular complexity index is 529. The van der Waals surface area contributed by atoms with Crippen LogP contribution in [0.25, 0.3) is 0 Å². The number of hydrogen-bond donors (Lipinski definition) is 6. The summed E-state index contributed by atoms with van der Waals surface area (Å²) in [5.41, 5.74) is 22.2. The third-order valence-electron chi connectivity index (χ3n) is 5.49. The Morgan fingerprint density at radius 2 is 0.829 bits per heavy atom. The van der Waals surface area contributed by atoms with Crippen LogP contribution in [0.1, 0.15) is 44.9 Å². The SMILES string of the molecule is NCCCN(CCCN)CCP(=O)(O)OCCCCCOP(=O)(O)CCN(CCCN)CCCN. The van der Waals surface area contributed by atoms with Crippen LogP contribution in [-0.4, -0.2) is 111 Å². The zero-order valence-corrected chi connectivity index (χ0v) is 23.3. The molecule has 212 valence electrons. The van der Waals surface area contributed by atoms with Crippen LogP contribution in [-0.2, 0) is 18.2 Å². The standard InChI is InChI=1S/C21H52N6O6P2/c22-8-4-12-26(13-5-9-23)16-20-34(28,29)32-18-2-1-3-19-33-35(30,31)21-17-27(14-6-10-24)15-7-11-25/h1-25H2,(H,28,29)(H,30,31). The third kappa shape index (κ3) is 21.8. The third-order valence-corrected chi connectivity index (χ3v) is 8.19. The van der Waals surface area contributed by atoms with Gasteiger partial charge in [0.05, 0.1) is 25.5 Å². The van der Waals surface area contributed by atoms with Crippen LogP contribution in [0.5, 0.6) is 0 Å². The number of hydrogen-bond acceptors (Lipinski definition) is 10. The van der Waals surface area contributed by atoms with E-state index in [2.05, 4.69) is 9.80 Å². The molecule has 0 aromatic heterocycles. The van der Waals surface area contributed by atoms with Gasteiger partial charge in [-0.05, 0) is 97.3 Å². The molecule has 0 heterocycles. The first-order valence-corrected chi connectivity index (χ1v) is 16.4. The van der Waals surface area contributed by atoms with Crippen molar-refractivity contribution < 1.29 is 28.0 Å². The summed E-state index contributed by atoms with van der Waals surface area (Å²) < 4.78 is 35.0. The Kier molecular flexibility index (Phi) is 22.1. The van der Waals surface area contributed by atoms with Crippen molar-refractivity contribution >= 4 is 15.2 Å². The Labute approximate surface area is 212 Å². The highest BCUT2D eigenvalue weighted by Crippen LogP contribution is 2.42. The van der Waals surface area contributed by atoms with Gasteiger partial charge < -0.3 is 51.6 Å². The van der Waals surface area contributed by atoms with E-state index >= 15 is 0 Å². The fraction of sp³-hybridized carbons (Fsp3) is 1.00. The Balaban J connectivity index is 4.07. The van der Waals surface area contributed by atoms with Crippen LogP contribution in [0, 0.1) is 0 Å². The van der Waals surface area contributed by atoms with Crippen LogP contribution in [0.4, 0.5) is 0 Å². The summed E-state index contributed by atoms with van der Waals surface area (Å²) in [7, 11) is -7.34. The molecule has 0 amide bonds. The lowest BCUT2D eigenvalue weighted by Gasteiger charge is -2.23. The maximum Gasteiger partial charge on any atom is 0.329 e. The quantitative estimate of drug-likeness (QED) is 0.0650. The van der Waals surface area contributed by atoms with Crippen molar-refractivity contribution in [2.24, 2.45) is 22.9 Å². The van der Waals surface area contributed by atoms with Gasteiger partial charge >= 0.3 is 15.2 Å². The largest absolute Gasteiger partial charge is 0.330 e. The molecule has 0 spiro atoms. The number of nitrogens with two attached hydrogens (primary N) is 4. The molecule has 0 aromatic rings. The van der Waals surface area contributed by atoms with E-state index in [0.717, 1.165) is 51.9 Å². The predicted octanol–water partition coefficient (Wildman–Crippen LogP) is 0.560. The molecule has 0 saturated heterocycles. The smallest absolute Gasteiger partial charge is 0.329 e. The Morgan fingerprint density at radius 1 is 0.514 bits per heavy atom. The topological polar surface area (TPSA) is 204 Å². The van der Waals surface area contributed by atoms with Gasteiger partial charge in [-0.3, -0.25) is 9.13 Å². The van der Waals surface area contributed by atoms with Crippen molar-refractivity contribution in [2.75, 3.05) is 91.0 Å². The summed E-state index contributed by atoms with van der Waals surface area (Å²) in [5.74, 6) is 0. The van der Waals surface area contributed by atoms with Crippen molar-refractivity contribution in [1.82, 2.24) is 9.80 Å². The van der Waals surface area contributed by atoms with Gasteiger partial charge in [-0.1, -0.05) is 0 Å². The lowest BCUT2D eigenvalue weighted by molar-refractivity contribution is 0.226. The monoisotopic (exact) mass is 546 g/mol. The van der Waals surface area contributed by atoms with Crippen LogP contribution in [0.3, 0.4) is 0 Å². The van der Waals surface area contributed by atoms with Crippen molar-refractivity contribution in [3.63, 3.8) is 0 Å². The molecule has 0 saturated carbocycles. The van der Waals surface area contributed by atoms with Gasteiger partial charge in [0, 0.05) is 13.1 Å². The highest BCUT2D eigenvalue weighted by Gasteiger charge is 2.22. The second-order valence-electron chi connectivity index (χ2n) is 8.70. The van der Waals surface area contributed by atoms with Gasteiger partial charge in [-0.15, -0.1) is 0 Å². The lowest BCUT2D eigenvalue weighted by Crippen LogP contribution is -2.31. The van der Waals surface area contributed by atoms with E-state index in [0.29, 0.717) is 58.5 Å². The van der Waals surface area contributed by atoms with Crippen LogP contribution >= 0.6 is 15.2 Å². The second kappa shape index (κ2) is 22.1. The average molecular weight is 547 g/mol. The molecule has 35 heavy (non-hydrogen) atoms. The summed E-state index contributed by atoms with van der Waals surface area (Å²) in [4.78, 5) is 24.3. The van der Waals surface area contributed by atoms with Gasteiger partial charge in [0.2, 0.25) is 0 Å². The first-order valence-electron chi connectivity index (χ1n) is 12.9. The molecule has 0 radical (unpaired) electrons. The maximum absolute atomic E-state index is 12.3. The van der Waals surface area contributed by atoms with E-state index in [-0.39, 0.29) is 25.5 Å². The van der Waals surface area contributed by atoms with Crippen molar-refractivity contribution in [2.45, 2.75) is 44.9 Å². The summed E-state index contributed by atoms with van der Waals surface area (Å²) in [6.07, 6.45) is 5.22. The number of unbranched alkanes of at least 4 members (excludes halogenated alkanes) is 2. The molecule has 0 aliphatic rings. The van der Waals surface area contributed by atoms with E-state index < -0.39 is 15.2 Å². The Hall–Kier alpha value is 0.0600. The van der Waals surface area contributed by atoms with E-state index in [9.17, 15) is 18.9 Å². The minimum absolute atomic E-state index is 0.0620. The molecule has 2 atom stereocenters. The summed E-state index contributed by atoms with van der Waals surface area (Å²) in [6, 6.07) is 0. The zero-order valence-electron chi connectivity index (χ0n) is 21.5. The van der Waals surface area contributed by atoms with Crippen molar-refractivity contribution in [3.8, 4) is 0 Å². The minimum Gasteiger partial charge on any atom is -0.330 e. The molecule has 0 aromatic carbocycles. The molecule has 14 heteroatoms. The summed E-state index contributed by atoms with van der Waals surface area (Å²) >= 11 is 0. The number of rotatable bonds is 26. The first kappa shape index (κ1) is 35.1.